The van der Waals surface area contributed by atoms with Crippen molar-refractivity contribution in [3.63, 3.8) is 0 Å². The summed E-state index contributed by atoms with van der Waals surface area (Å²) in [4.78, 5) is 30.3. The van der Waals surface area contributed by atoms with Crippen molar-refractivity contribution in [2.75, 3.05) is 13.7 Å². The van der Waals surface area contributed by atoms with E-state index < -0.39 is 5.92 Å². The average molecular weight is 572 g/mol. The fraction of sp³-hybridized carbons (Fsp3) is 0.444. The van der Waals surface area contributed by atoms with Gasteiger partial charge in [0.15, 0.2) is 23.1 Å². The van der Waals surface area contributed by atoms with Gasteiger partial charge in [-0.1, -0.05) is 52.0 Å². The Bertz CT molecular complexity index is 1440. The highest BCUT2D eigenvalue weighted by Crippen LogP contribution is 2.55. The second-order valence-electron chi connectivity index (χ2n) is 13.4. The van der Waals surface area contributed by atoms with Crippen LogP contribution in [0.1, 0.15) is 82.9 Å². The Morgan fingerprint density at radius 1 is 0.952 bits per heavy atom. The maximum absolute atomic E-state index is 14.0. The Kier molecular flexibility index (Phi) is 7.95. The van der Waals surface area contributed by atoms with E-state index in [0.717, 1.165) is 52.1 Å². The molecule has 0 amide bonds. The lowest BCUT2D eigenvalue weighted by Crippen LogP contribution is -2.44. The van der Waals surface area contributed by atoms with E-state index in [4.69, 9.17) is 9.47 Å². The molecular formula is C36H42FNO4. The molecule has 0 aromatic heterocycles. The average Bonchev–Trinajstić information content (AvgIpc) is 2.90. The summed E-state index contributed by atoms with van der Waals surface area (Å²) >= 11 is 0. The van der Waals surface area contributed by atoms with Crippen LogP contribution in [0, 0.1) is 16.6 Å². The molecule has 42 heavy (non-hydrogen) atoms. The van der Waals surface area contributed by atoms with Gasteiger partial charge in [0, 0.05) is 53.4 Å². The topological polar surface area (TPSA) is 55.8 Å². The Morgan fingerprint density at radius 2 is 1.52 bits per heavy atom. The van der Waals surface area contributed by atoms with Gasteiger partial charge in [-0.3, -0.25) is 9.59 Å². The first-order valence-electron chi connectivity index (χ1n) is 14.9. The summed E-state index contributed by atoms with van der Waals surface area (Å²) in [5.74, 6) is 0.553. The van der Waals surface area contributed by atoms with Crippen LogP contribution in [0.15, 0.2) is 71.6 Å². The number of carbonyl (C=O) groups excluding carboxylic acids is 2. The summed E-state index contributed by atoms with van der Waals surface area (Å²) in [7, 11) is 1.60. The largest absolute Gasteiger partial charge is 0.493 e. The maximum Gasteiger partial charge on any atom is 0.165 e. The van der Waals surface area contributed by atoms with Crippen LogP contribution in [-0.4, -0.2) is 30.1 Å². The van der Waals surface area contributed by atoms with Crippen molar-refractivity contribution < 1.29 is 23.5 Å². The number of ketones is 2. The highest BCUT2D eigenvalue weighted by molar-refractivity contribution is 6.06. The monoisotopic (exact) mass is 571 g/mol. The van der Waals surface area contributed by atoms with E-state index >= 15 is 0 Å². The van der Waals surface area contributed by atoms with Crippen LogP contribution in [0.2, 0.25) is 0 Å². The first-order chi connectivity index (χ1) is 19.9. The minimum absolute atomic E-state index is 0.106. The van der Waals surface area contributed by atoms with Gasteiger partial charge in [0.1, 0.15) is 12.4 Å². The van der Waals surface area contributed by atoms with Gasteiger partial charge in [0.05, 0.1) is 7.11 Å². The second-order valence-corrected chi connectivity index (χ2v) is 13.4. The number of rotatable bonds is 8. The number of Topliss-reactive ketones (excluding diaryl/α,β-unsaturated/α-hetero) is 2. The summed E-state index contributed by atoms with van der Waals surface area (Å²) in [6.45, 7) is 15.6. The normalized spacial score (nSPS) is 19.9. The molecule has 0 fully saturated rings. The van der Waals surface area contributed by atoms with Gasteiger partial charge < -0.3 is 14.4 Å². The molecular weight excluding hydrogens is 529 g/mol. The molecule has 2 aromatic rings. The Balaban J connectivity index is 1.68. The van der Waals surface area contributed by atoms with Crippen molar-refractivity contribution in [1.82, 2.24) is 4.90 Å². The van der Waals surface area contributed by atoms with Crippen molar-refractivity contribution in [3.8, 4) is 11.5 Å². The molecule has 2 aromatic carbocycles. The lowest BCUT2D eigenvalue weighted by atomic mass is 9.63. The fourth-order valence-corrected chi connectivity index (χ4v) is 6.97. The van der Waals surface area contributed by atoms with E-state index in [1.165, 1.54) is 12.1 Å². The third-order valence-electron chi connectivity index (χ3n) is 8.71. The lowest BCUT2D eigenvalue weighted by Gasteiger charge is -2.49. The maximum atomic E-state index is 14.0. The van der Waals surface area contributed by atoms with E-state index in [2.05, 4.69) is 46.1 Å². The number of allylic oxidation sites excluding steroid dienone is 5. The molecule has 222 valence electrons. The van der Waals surface area contributed by atoms with Gasteiger partial charge in [0.2, 0.25) is 0 Å². The zero-order chi connectivity index (χ0) is 30.4. The molecule has 0 saturated carbocycles. The van der Waals surface area contributed by atoms with Crippen molar-refractivity contribution in [3.05, 3.63) is 94.1 Å². The number of ether oxygens (including phenoxy) is 2. The van der Waals surface area contributed by atoms with Crippen LogP contribution in [0.3, 0.4) is 0 Å². The molecule has 0 atom stereocenters. The predicted molar refractivity (Wildman–Crippen MR) is 163 cm³/mol. The molecule has 5 nitrogen and oxygen atoms in total. The van der Waals surface area contributed by atoms with Crippen LogP contribution in [0.4, 0.5) is 4.39 Å². The van der Waals surface area contributed by atoms with Crippen LogP contribution >= 0.6 is 0 Å². The van der Waals surface area contributed by atoms with Crippen LogP contribution < -0.4 is 9.47 Å². The van der Waals surface area contributed by atoms with Crippen LogP contribution in [0.5, 0.6) is 11.5 Å². The lowest BCUT2D eigenvalue weighted by molar-refractivity contribution is -0.119. The number of benzene rings is 2. The fourth-order valence-electron chi connectivity index (χ4n) is 6.97. The number of carbonyl (C=O) groups is 2. The third kappa shape index (κ3) is 5.56. The molecule has 0 radical (unpaired) electrons. The van der Waals surface area contributed by atoms with Gasteiger partial charge in [-0.05, 0) is 66.3 Å². The number of halogens is 1. The zero-order valence-corrected chi connectivity index (χ0v) is 25.7. The number of methoxy groups -OCH3 is 1. The quantitative estimate of drug-likeness (QED) is 0.302. The second kappa shape index (κ2) is 11.2. The molecule has 1 aliphatic heterocycles. The van der Waals surface area contributed by atoms with Gasteiger partial charge in [-0.2, -0.15) is 0 Å². The summed E-state index contributed by atoms with van der Waals surface area (Å²) in [6, 6.07) is 10.2. The molecule has 1 heterocycles. The standard InChI is InChI=1S/C36H42FNO4/c1-8-10-23-15-24(16-30(41-7)34(23)42-21-22-11-13-25(37)14-12-22)31-32-26(17-35(3,4)19-28(32)39)38(9-2)27-18-36(5,6)20-29(40)33(27)31/h8,11-16,31H,1,9-10,17-21H2,2-7H3. The van der Waals surface area contributed by atoms with E-state index in [-0.39, 0.29) is 34.8 Å². The molecule has 0 saturated heterocycles. The molecule has 5 rings (SSSR count). The minimum Gasteiger partial charge on any atom is -0.493 e. The Hall–Kier alpha value is -3.67. The van der Waals surface area contributed by atoms with Crippen molar-refractivity contribution >= 4 is 11.6 Å². The van der Waals surface area contributed by atoms with E-state index in [9.17, 15) is 14.0 Å². The molecule has 0 N–H and O–H groups in total. The van der Waals surface area contributed by atoms with Gasteiger partial charge in [-0.25, -0.2) is 4.39 Å². The first-order valence-corrected chi connectivity index (χ1v) is 14.9. The SMILES string of the molecule is C=CCc1cc(C2C3=C(CC(C)(C)CC3=O)N(CC)C3=C2C(=O)CC(C)(C)C3)cc(OC)c1OCc1ccc(F)cc1. The molecule has 3 aliphatic rings. The van der Waals surface area contributed by atoms with Gasteiger partial charge in [-0.15, -0.1) is 6.58 Å². The summed E-state index contributed by atoms with van der Waals surface area (Å²) in [5.41, 5.74) is 5.81. The van der Waals surface area contributed by atoms with Crippen molar-refractivity contribution in [2.45, 2.75) is 79.2 Å². The highest BCUT2D eigenvalue weighted by atomic mass is 19.1. The van der Waals surface area contributed by atoms with E-state index in [1.807, 2.05) is 12.1 Å². The predicted octanol–water partition coefficient (Wildman–Crippen LogP) is 7.85. The highest BCUT2D eigenvalue weighted by Gasteiger charge is 2.48. The summed E-state index contributed by atoms with van der Waals surface area (Å²) in [5, 5.41) is 0. The first kappa shape index (κ1) is 29.8. The van der Waals surface area contributed by atoms with Crippen molar-refractivity contribution in [1.29, 1.82) is 0 Å². The van der Waals surface area contributed by atoms with Crippen LogP contribution in [0.25, 0.3) is 0 Å². The smallest absolute Gasteiger partial charge is 0.165 e. The van der Waals surface area contributed by atoms with Gasteiger partial charge >= 0.3 is 0 Å². The number of hydrogen-bond acceptors (Lipinski definition) is 5. The number of hydrogen-bond donors (Lipinski definition) is 0. The minimum atomic E-state index is -0.464. The molecule has 0 unspecified atom stereocenters. The van der Waals surface area contributed by atoms with E-state index in [1.54, 1.807) is 25.3 Å². The Morgan fingerprint density at radius 3 is 2.02 bits per heavy atom. The number of nitrogens with zero attached hydrogens (tertiary/aromatic N) is 1. The summed E-state index contributed by atoms with van der Waals surface area (Å²) in [6.07, 6.45) is 4.76. The zero-order valence-electron chi connectivity index (χ0n) is 25.7. The van der Waals surface area contributed by atoms with Crippen LogP contribution in [-0.2, 0) is 22.6 Å². The molecule has 6 heteroatoms. The van der Waals surface area contributed by atoms with Gasteiger partial charge in [0.25, 0.3) is 0 Å². The molecule has 2 aliphatic carbocycles. The Labute approximate surface area is 249 Å². The van der Waals surface area contributed by atoms with Crippen molar-refractivity contribution in [2.24, 2.45) is 10.8 Å². The molecule has 0 bridgehead atoms. The third-order valence-corrected chi connectivity index (χ3v) is 8.71. The van der Waals surface area contributed by atoms with E-state index in [0.29, 0.717) is 37.3 Å². The molecule has 0 spiro atoms. The summed E-state index contributed by atoms with van der Waals surface area (Å²) < 4.78 is 25.6.